The van der Waals surface area contributed by atoms with E-state index < -0.39 is 0 Å². The molecule has 0 saturated carbocycles. The first-order chi connectivity index (χ1) is 9.15. The number of benzene rings is 1. The van der Waals surface area contributed by atoms with Gasteiger partial charge < -0.3 is 10.1 Å². The predicted octanol–water partition coefficient (Wildman–Crippen LogP) is 3.08. The van der Waals surface area contributed by atoms with E-state index in [1.807, 2.05) is 20.0 Å². The Morgan fingerprint density at radius 3 is 2.89 bits per heavy atom. The largest absolute Gasteiger partial charge is 0.378 e. The van der Waals surface area contributed by atoms with E-state index in [-0.39, 0.29) is 5.82 Å². The molecular formula is C16H24FNO. The van der Waals surface area contributed by atoms with Gasteiger partial charge >= 0.3 is 0 Å². The molecule has 1 aromatic carbocycles. The number of aryl methyl sites for hydroxylation is 1. The molecule has 0 radical (unpaired) electrons. The maximum absolute atomic E-state index is 13.1. The molecule has 1 N–H and O–H groups in total. The van der Waals surface area contributed by atoms with Crippen LogP contribution < -0.4 is 5.32 Å². The fourth-order valence-electron chi connectivity index (χ4n) is 3.14. The Morgan fingerprint density at radius 1 is 1.47 bits per heavy atom. The lowest BCUT2D eigenvalue weighted by molar-refractivity contribution is 0.0783. The maximum atomic E-state index is 13.1. The van der Waals surface area contributed by atoms with Crippen LogP contribution in [0.5, 0.6) is 0 Å². The molecule has 3 atom stereocenters. The molecule has 0 aromatic heterocycles. The summed E-state index contributed by atoms with van der Waals surface area (Å²) in [7, 11) is 2.01. The van der Waals surface area contributed by atoms with Crippen molar-refractivity contribution in [3.05, 3.63) is 35.1 Å². The second-order valence-corrected chi connectivity index (χ2v) is 5.44. The van der Waals surface area contributed by atoms with Gasteiger partial charge in [0.25, 0.3) is 0 Å². The molecule has 1 fully saturated rings. The standard InChI is InChI=1S/C16H24FNO/c1-4-16-14(7-8-19-16)15(18-3)10-12-5-6-13(17)9-11(12)2/h5-6,9,14-16,18H,4,7-8,10H2,1-3H3. The van der Waals surface area contributed by atoms with Crippen molar-refractivity contribution in [1.29, 1.82) is 0 Å². The summed E-state index contributed by atoms with van der Waals surface area (Å²) in [5, 5.41) is 3.42. The lowest BCUT2D eigenvalue weighted by Crippen LogP contribution is -2.39. The number of hydrogen-bond donors (Lipinski definition) is 1. The van der Waals surface area contributed by atoms with Crippen LogP contribution in [0.15, 0.2) is 18.2 Å². The van der Waals surface area contributed by atoms with Gasteiger partial charge in [-0.25, -0.2) is 4.39 Å². The highest BCUT2D eigenvalue weighted by atomic mass is 19.1. The number of ether oxygens (including phenoxy) is 1. The number of halogens is 1. The van der Waals surface area contributed by atoms with Gasteiger partial charge in [-0.2, -0.15) is 0 Å². The molecule has 2 rings (SSSR count). The van der Waals surface area contributed by atoms with Crippen molar-refractivity contribution in [2.45, 2.75) is 45.3 Å². The van der Waals surface area contributed by atoms with E-state index in [2.05, 4.69) is 12.2 Å². The fraction of sp³-hybridized carbons (Fsp3) is 0.625. The minimum atomic E-state index is -0.155. The van der Waals surface area contributed by atoms with Crippen LogP contribution in [0.3, 0.4) is 0 Å². The smallest absolute Gasteiger partial charge is 0.123 e. The number of rotatable bonds is 5. The Balaban J connectivity index is 2.10. The van der Waals surface area contributed by atoms with Crippen LogP contribution in [0.4, 0.5) is 4.39 Å². The highest BCUT2D eigenvalue weighted by molar-refractivity contribution is 5.27. The van der Waals surface area contributed by atoms with Gasteiger partial charge in [0.2, 0.25) is 0 Å². The van der Waals surface area contributed by atoms with Crippen molar-refractivity contribution in [1.82, 2.24) is 5.32 Å². The van der Waals surface area contributed by atoms with Crippen LogP contribution in [-0.2, 0) is 11.2 Å². The maximum Gasteiger partial charge on any atom is 0.123 e. The highest BCUT2D eigenvalue weighted by Gasteiger charge is 2.32. The van der Waals surface area contributed by atoms with Crippen LogP contribution in [0.2, 0.25) is 0 Å². The third-order valence-electron chi connectivity index (χ3n) is 4.30. The first kappa shape index (κ1) is 14.5. The van der Waals surface area contributed by atoms with Crippen LogP contribution in [0, 0.1) is 18.7 Å². The van der Waals surface area contributed by atoms with Crippen LogP contribution in [-0.4, -0.2) is 25.8 Å². The average Bonchev–Trinajstić information content (AvgIpc) is 2.86. The van der Waals surface area contributed by atoms with Gasteiger partial charge in [0.05, 0.1) is 6.10 Å². The molecule has 3 unspecified atom stereocenters. The van der Waals surface area contributed by atoms with Gasteiger partial charge in [0, 0.05) is 18.6 Å². The average molecular weight is 265 g/mol. The summed E-state index contributed by atoms with van der Waals surface area (Å²) in [5.41, 5.74) is 2.26. The molecule has 1 aliphatic rings. The zero-order valence-corrected chi connectivity index (χ0v) is 12.1. The van der Waals surface area contributed by atoms with Crippen molar-refractivity contribution < 1.29 is 9.13 Å². The minimum absolute atomic E-state index is 0.155. The lowest BCUT2D eigenvalue weighted by Gasteiger charge is -2.27. The number of likely N-dealkylation sites (N-methyl/N-ethyl adjacent to an activating group) is 1. The minimum Gasteiger partial charge on any atom is -0.378 e. The van der Waals surface area contributed by atoms with Gasteiger partial charge in [-0.3, -0.25) is 0 Å². The molecule has 3 heteroatoms. The van der Waals surface area contributed by atoms with E-state index in [0.717, 1.165) is 31.4 Å². The monoisotopic (exact) mass is 265 g/mol. The third-order valence-corrected chi connectivity index (χ3v) is 4.30. The van der Waals surface area contributed by atoms with Crippen molar-refractivity contribution in [2.75, 3.05) is 13.7 Å². The highest BCUT2D eigenvalue weighted by Crippen LogP contribution is 2.28. The van der Waals surface area contributed by atoms with Gasteiger partial charge in [-0.05, 0) is 56.5 Å². The van der Waals surface area contributed by atoms with Gasteiger partial charge in [-0.15, -0.1) is 0 Å². The summed E-state index contributed by atoms with van der Waals surface area (Å²) in [6.45, 7) is 5.02. The summed E-state index contributed by atoms with van der Waals surface area (Å²) in [5.74, 6) is 0.400. The topological polar surface area (TPSA) is 21.3 Å². The van der Waals surface area contributed by atoms with E-state index in [9.17, 15) is 4.39 Å². The Morgan fingerprint density at radius 2 is 2.26 bits per heavy atom. The number of hydrogen-bond acceptors (Lipinski definition) is 2. The van der Waals surface area contributed by atoms with Gasteiger partial charge in [0.1, 0.15) is 5.82 Å². The lowest BCUT2D eigenvalue weighted by atomic mass is 9.86. The fourth-order valence-corrected chi connectivity index (χ4v) is 3.14. The molecule has 0 aliphatic carbocycles. The summed E-state index contributed by atoms with van der Waals surface area (Å²) in [4.78, 5) is 0. The molecule has 1 heterocycles. The molecule has 0 spiro atoms. The molecule has 2 nitrogen and oxygen atoms in total. The normalized spacial score (nSPS) is 24.6. The molecule has 0 bridgehead atoms. The molecular weight excluding hydrogens is 241 g/mol. The quantitative estimate of drug-likeness (QED) is 0.883. The van der Waals surface area contributed by atoms with E-state index in [0.29, 0.717) is 18.1 Å². The zero-order chi connectivity index (χ0) is 13.8. The zero-order valence-electron chi connectivity index (χ0n) is 12.1. The summed E-state index contributed by atoms with van der Waals surface area (Å²) >= 11 is 0. The molecule has 19 heavy (non-hydrogen) atoms. The van der Waals surface area contributed by atoms with Crippen molar-refractivity contribution in [2.24, 2.45) is 5.92 Å². The van der Waals surface area contributed by atoms with E-state index in [1.54, 1.807) is 12.1 Å². The van der Waals surface area contributed by atoms with E-state index in [1.165, 1.54) is 5.56 Å². The molecule has 0 amide bonds. The van der Waals surface area contributed by atoms with E-state index in [4.69, 9.17) is 4.74 Å². The second kappa shape index (κ2) is 6.49. The summed E-state index contributed by atoms with van der Waals surface area (Å²) < 4.78 is 18.9. The van der Waals surface area contributed by atoms with Crippen molar-refractivity contribution in [3.8, 4) is 0 Å². The molecule has 1 aromatic rings. The second-order valence-electron chi connectivity index (χ2n) is 5.44. The van der Waals surface area contributed by atoms with Gasteiger partial charge in [-0.1, -0.05) is 13.0 Å². The Bertz CT molecular complexity index is 421. The van der Waals surface area contributed by atoms with Gasteiger partial charge in [0.15, 0.2) is 0 Å². The Labute approximate surface area is 115 Å². The predicted molar refractivity (Wildman–Crippen MR) is 75.8 cm³/mol. The SMILES string of the molecule is CCC1OCCC1C(Cc1ccc(F)cc1C)NC. The molecule has 1 aliphatic heterocycles. The third kappa shape index (κ3) is 3.34. The van der Waals surface area contributed by atoms with E-state index >= 15 is 0 Å². The Kier molecular flexibility index (Phi) is 4.94. The van der Waals surface area contributed by atoms with Crippen LogP contribution in [0.25, 0.3) is 0 Å². The summed E-state index contributed by atoms with van der Waals surface area (Å²) in [6, 6.07) is 5.48. The number of nitrogens with one attached hydrogen (secondary N) is 1. The van der Waals surface area contributed by atoms with Crippen molar-refractivity contribution in [3.63, 3.8) is 0 Å². The first-order valence-corrected chi connectivity index (χ1v) is 7.19. The Hall–Kier alpha value is -0.930. The molecule has 106 valence electrons. The van der Waals surface area contributed by atoms with Crippen molar-refractivity contribution >= 4 is 0 Å². The summed E-state index contributed by atoms with van der Waals surface area (Å²) in [6.07, 6.45) is 3.47. The van der Waals surface area contributed by atoms with Crippen LogP contribution >= 0.6 is 0 Å². The first-order valence-electron chi connectivity index (χ1n) is 7.19. The molecule has 1 saturated heterocycles. The van der Waals surface area contributed by atoms with Crippen LogP contribution in [0.1, 0.15) is 30.9 Å².